The summed E-state index contributed by atoms with van der Waals surface area (Å²) in [7, 11) is 0. The van der Waals surface area contributed by atoms with Crippen LogP contribution in [0.15, 0.2) is 72.9 Å². The molecule has 0 aromatic carbocycles. The third-order valence-corrected chi connectivity index (χ3v) is 6.52. The second kappa shape index (κ2) is 32.8. The molecule has 1 atom stereocenters. The molecule has 42 heavy (non-hydrogen) atoms. The van der Waals surface area contributed by atoms with Crippen LogP contribution in [0.1, 0.15) is 129 Å². The zero-order chi connectivity index (χ0) is 30.8. The molecule has 1 N–H and O–H groups in total. The average molecular weight is 585 g/mol. The molecular formula is C37H60O5. The fourth-order valence-corrected chi connectivity index (χ4v) is 4.03. The molecule has 0 saturated carbocycles. The Morgan fingerprint density at radius 1 is 0.595 bits per heavy atom. The van der Waals surface area contributed by atoms with Crippen molar-refractivity contribution in [1.82, 2.24) is 0 Å². The number of aliphatic hydroxyl groups excluding tert-OH is 1. The van der Waals surface area contributed by atoms with E-state index in [9.17, 15) is 14.7 Å². The maximum absolute atomic E-state index is 12.0. The van der Waals surface area contributed by atoms with Gasteiger partial charge in [0.1, 0.15) is 6.61 Å². The van der Waals surface area contributed by atoms with Crippen LogP contribution in [0.25, 0.3) is 0 Å². The molecule has 0 aromatic rings. The zero-order valence-corrected chi connectivity index (χ0v) is 26.7. The van der Waals surface area contributed by atoms with Crippen LogP contribution in [-0.4, -0.2) is 36.4 Å². The van der Waals surface area contributed by atoms with Gasteiger partial charge in [0.25, 0.3) is 0 Å². The molecule has 0 heterocycles. The molecule has 0 aliphatic rings. The van der Waals surface area contributed by atoms with Crippen molar-refractivity contribution in [2.45, 2.75) is 136 Å². The Balaban J connectivity index is 3.79. The maximum Gasteiger partial charge on any atom is 0.310 e. The Bertz CT molecular complexity index is 803. The van der Waals surface area contributed by atoms with Crippen molar-refractivity contribution in [3.05, 3.63) is 72.9 Å². The fourth-order valence-electron chi connectivity index (χ4n) is 4.03. The number of allylic oxidation sites excluding steroid dienone is 11. The van der Waals surface area contributed by atoms with E-state index in [1.54, 1.807) is 6.08 Å². The highest BCUT2D eigenvalue weighted by atomic mass is 16.6. The third-order valence-electron chi connectivity index (χ3n) is 6.52. The van der Waals surface area contributed by atoms with E-state index in [2.05, 4.69) is 74.6 Å². The molecule has 1 unspecified atom stereocenters. The highest BCUT2D eigenvalue weighted by Crippen LogP contribution is 2.10. The summed E-state index contributed by atoms with van der Waals surface area (Å²) in [6.07, 6.45) is 42.6. The number of hydrogen-bond acceptors (Lipinski definition) is 5. The Labute approximate surface area is 257 Å². The molecule has 0 radical (unpaired) electrons. The normalized spacial score (nSPS) is 13.1. The van der Waals surface area contributed by atoms with Crippen molar-refractivity contribution in [3.8, 4) is 0 Å². The Kier molecular flexibility index (Phi) is 30.8. The van der Waals surface area contributed by atoms with Gasteiger partial charge in [-0.25, -0.2) is 0 Å². The number of unbranched alkanes of at least 4 members (excludes halogenated alkanes) is 9. The first-order valence-electron chi connectivity index (χ1n) is 16.5. The van der Waals surface area contributed by atoms with Gasteiger partial charge in [0.15, 0.2) is 6.10 Å². The zero-order valence-electron chi connectivity index (χ0n) is 26.7. The van der Waals surface area contributed by atoms with E-state index in [4.69, 9.17) is 9.47 Å². The molecule has 0 fully saturated rings. The molecule has 5 heteroatoms. The molecule has 0 aliphatic heterocycles. The number of hydrogen-bond donors (Lipinski definition) is 1. The van der Waals surface area contributed by atoms with E-state index < -0.39 is 12.1 Å². The minimum atomic E-state index is -0.830. The molecule has 0 saturated heterocycles. The van der Waals surface area contributed by atoms with E-state index >= 15 is 0 Å². The number of ether oxygens (including phenoxy) is 2. The van der Waals surface area contributed by atoms with Crippen molar-refractivity contribution in [2.75, 3.05) is 13.2 Å². The second-order valence-corrected chi connectivity index (χ2v) is 10.5. The van der Waals surface area contributed by atoms with Crippen LogP contribution in [-0.2, 0) is 19.1 Å². The van der Waals surface area contributed by atoms with Gasteiger partial charge < -0.3 is 14.6 Å². The van der Waals surface area contributed by atoms with E-state index in [1.807, 2.05) is 6.08 Å². The first-order valence-corrected chi connectivity index (χ1v) is 16.5. The molecule has 0 spiro atoms. The third kappa shape index (κ3) is 30.3. The molecule has 0 rings (SSSR count). The van der Waals surface area contributed by atoms with Crippen molar-refractivity contribution < 1.29 is 24.2 Å². The summed E-state index contributed by atoms with van der Waals surface area (Å²) >= 11 is 0. The summed E-state index contributed by atoms with van der Waals surface area (Å²) in [5.74, 6) is -0.758. The molecule has 0 amide bonds. The van der Waals surface area contributed by atoms with Crippen LogP contribution in [0.4, 0.5) is 0 Å². The van der Waals surface area contributed by atoms with E-state index in [0.717, 1.165) is 57.8 Å². The minimum absolute atomic E-state index is 0.114. The largest absolute Gasteiger partial charge is 0.462 e. The average Bonchev–Trinajstić information content (AvgIpc) is 2.99. The Morgan fingerprint density at radius 2 is 1.10 bits per heavy atom. The van der Waals surface area contributed by atoms with Gasteiger partial charge in [-0.2, -0.15) is 0 Å². The first kappa shape index (κ1) is 39.3. The number of aliphatic hydroxyl groups is 1. The first-order chi connectivity index (χ1) is 20.6. The van der Waals surface area contributed by atoms with Crippen LogP contribution < -0.4 is 0 Å². The van der Waals surface area contributed by atoms with Crippen molar-refractivity contribution in [3.63, 3.8) is 0 Å². The predicted octanol–water partition coefficient (Wildman–Crippen LogP) is 9.83. The lowest BCUT2D eigenvalue weighted by atomic mass is 10.1. The van der Waals surface area contributed by atoms with Crippen LogP contribution in [0.3, 0.4) is 0 Å². The molecular weight excluding hydrogens is 524 g/mol. The maximum atomic E-state index is 12.0. The standard InChI is InChI=1S/C37H60O5/c1-3-5-7-9-11-13-15-17-18-20-22-24-26-28-30-32-37(40)42-35(33-38)34-41-36(39)31-29-27-25-23-21-19-16-14-12-10-8-6-4-2/h5,7,11,13-14,16-18,22,24,28,30,35,38H,3-4,6,8-10,12,15,19-21,23,25-27,29,31-34H2,1-2H3/b7-5-,13-11-,16-14-,18-17-,24-22-,30-28-. The molecule has 0 aliphatic carbocycles. The topological polar surface area (TPSA) is 72.8 Å². The second-order valence-electron chi connectivity index (χ2n) is 10.5. The summed E-state index contributed by atoms with van der Waals surface area (Å²) in [6, 6.07) is 0. The Hall–Kier alpha value is -2.66. The number of carbonyl (C=O) groups is 2. The van der Waals surface area contributed by atoms with Crippen molar-refractivity contribution in [2.24, 2.45) is 0 Å². The van der Waals surface area contributed by atoms with Crippen LogP contribution >= 0.6 is 0 Å². The van der Waals surface area contributed by atoms with Gasteiger partial charge in [0.2, 0.25) is 0 Å². The lowest BCUT2D eigenvalue weighted by molar-refractivity contribution is -0.160. The van der Waals surface area contributed by atoms with Crippen LogP contribution in [0, 0.1) is 0 Å². The molecule has 0 bridgehead atoms. The fraction of sp³-hybridized carbons (Fsp3) is 0.622. The smallest absolute Gasteiger partial charge is 0.310 e. The van der Waals surface area contributed by atoms with Gasteiger partial charge >= 0.3 is 11.9 Å². The van der Waals surface area contributed by atoms with Gasteiger partial charge in [-0.15, -0.1) is 0 Å². The number of rotatable bonds is 28. The quantitative estimate of drug-likeness (QED) is 0.0563. The highest BCUT2D eigenvalue weighted by molar-refractivity contribution is 5.71. The van der Waals surface area contributed by atoms with Gasteiger partial charge in [-0.1, -0.05) is 125 Å². The summed E-state index contributed by atoms with van der Waals surface area (Å²) in [5.41, 5.74) is 0. The van der Waals surface area contributed by atoms with Crippen LogP contribution in [0.2, 0.25) is 0 Å². The predicted molar refractivity (Wildman–Crippen MR) is 177 cm³/mol. The summed E-state index contributed by atoms with van der Waals surface area (Å²) in [5, 5.41) is 9.48. The summed E-state index contributed by atoms with van der Waals surface area (Å²) in [4.78, 5) is 24.0. The van der Waals surface area contributed by atoms with Crippen LogP contribution in [0.5, 0.6) is 0 Å². The SMILES string of the molecule is CC/C=C\C/C=C\C/C=C\C/C=C\C/C=C\CC(=O)OC(CO)COC(=O)CCCCCCC/C=C\CCCCCC. The number of esters is 2. The monoisotopic (exact) mass is 584 g/mol. The lowest BCUT2D eigenvalue weighted by Gasteiger charge is -2.15. The molecule has 238 valence electrons. The van der Waals surface area contributed by atoms with Gasteiger partial charge in [-0.05, 0) is 64.2 Å². The van der Waals surface area contributed by atoms with E-state index in [0.29, 0.717) is 6.42 Å². The number of carbonyl (C=O) groups excluding carboxylic acids is 2. The van der Waals surface area contributed by atoms with Crippen molar-refractivity contribution in [1.29, 1.82) is 0 Å². The minimum Gasteiger partial charge on any atom is -0.462 e. The molecule has 5 nitrogen and oxygen atoms in total. The van der Waals surface area contributed by atoms with E-state index in [1.165, 1.54) is 44.9 Å². The molecule has 0 aromatic heterocycles. The van der Waals surface area contributed by atoms with Crippen molar-refractivity contribution >= 4 is 11.9 Å². The van der Waals surface area contributed by atoms with Gasteiger partial charge in [0, 0.05) is 6.42 Å². The summed E-state index contributed by atoms with van der Waals surface area (Å²) < 4.78 is 10.4. The van der Waals surface area contributed by atoms with E-state index in [-0.39, 0.29) is 25.6 Å². The summed E-state index contributed by atoms with van der Waals surface area (Å²) in [6.45, 7) is 3.88. The highest BCUT2D eigenvalue weighted by Gasteiger charge is 2.15. The van der Waals surface area contributed by atoms with Gasteiger partial charge in [-0.3, -0.25) is 9.59 Å². The lowest BCUT2D eigenvalue weighted by Crippen LogP contribution is -2.28. The Morgan fingerprint density at radius 3 is 1.64 bits per heavy atom. The van der Waals surface area contributed by atoms with Gasteiger partial charge in [0.05, 0.1) is 13.0 Å².